The molecule has 0 aromatic heterocycles. The molecule has 2 amide bonds. The predicted octanol–water partition coefficient (Wildman–Crippen LogP) is 3.44. The molecule has 2 fully saturated rings. The van der Waals surface area contributed by atoms with Gasteiger partial charge in [-0.1, -0.05) is 55.0 Å². The Morgan fingerprint density at radius 2 is 1.63 bits per heavy atom. The molecule has 1 saturated carbocycles. The number of fused-ring (bicyclic) bond motifs is 3. The van der Waals surface area contributed by atoms with Gasteiger partial charge in [-0.05, 0) is 47.9 Å². The van der Waals surface area contributed by atoms with E-state index < -0.39 is 24.2 Å². The summed E-state index contributed by atoms with van der Waals surface area (Å²) in [6.45, 7) is 0.563. The van der Waals surface area contributed by atoms with Crippen LogP contribution in [0.1, 0.15) is 49.1 Å². The first-order valence-electron chi connectivity index (χ1n) is 12.3. The van der Waals surface area contributed by atoms with Crippen molar-refractivity contribution in [1.82, 2.24) is 10.6 Å². The summed E-state index contributed by atoms with van der Waals surface area (Å²) < 4.78 is 10.9. The topological polar surface area (TPSA) is 114 Å². The highest BCUT2D eigenvalue weighted by Crippen LogP contribution is 2.44. The molecule has 0 radical (unpaired) electrons. The number of alkyl carbamates (subject to hydrolysis) is 1. The lowest BCUT2D eigenvalue weighted by atomic mass is 9.85. The molecule has 3 N–H and O–H groups in total. The van der Waals surface area contributed by atoms with Gasteiger partial charge < -0.3 is 25.2 Å². The maximum absolute atomic E-state index is 12.8. The van der Waals surface area contributed by atoms with E-state index >= 15 is 0 Å². The number of carbonyl (C=O) groups excluding carboxylic acids is 2. The molecule has 1 saturated heterocycles. The van der Waals surface area contributed by atoms with Crippen molar-refractivity contribution in [1.29, 1.82) is 0 Å². The summed E-state index contributed by atoms with van der Waals surface area (Å²) >= 11 is 0. The molecule has 0 bridgehead atoms. The van der Waals surface area contributed by atoms with Crippen LogP contribution in [-0.4, -0.2) is 54.5 Å². The van der Waals surface area contributed by atoms with Crippen molar-refractivity contribution in [2.75, 3.05) is 13.2 Å². The van der Waals surface area contributed by atoms with E-state index in [4.69, 9.17) is 9.47 Å². The molecular weight excluding hydrogens is 448 g/mol. The SMILES string of the molecule is O=C(N[C@@H]1CCC[C@H](C(=O)N[C@@H]2CCO[C@@H]2C(=O)O)C1)OCC1c2ccccc2-c2ccccc21. The van der Waals surface area contributed by atoms with Gasteiger partial charge in [-0.3, -0.25) is 4.79 Å². The van der Waals surface area contributed by atoms with Gasteiger partial charge in [0.15, 0.2) is 6.10 Å². The predicted molar refractivity (Wildman–Crippen MR) is 128 cm³/mol. The second-order valence-electron chi connectivity index (χ2n) is 9.56. The fourth-order valence-electron chi connectivity index (χ4n) is 5.65. The Bertz CT molecular complexity index is 1070. The van der Waals surface area contributed by atoms with Crippen LogP contribution in [0.25, 0.3) is 11.1 Å². The quantitative estimate of drug-likeness (QED) is 0.586. The number of rotatable bonds is 6. The molecule has 8 heteroatoms. The molecule has 2 aliphatic carbocycles. The Kier molecular flexibility index (Phi) is 6.72. The Balaban J connectivity index is 1.14. The zero-order valence-electron chi connectivity index (χ0n) is 19.4. The number of ether oxygens (including phenoxy) is 2. The van der Waals surface area contributed by atoms with Gasteiger partial charge in [0.25, 0.3) is 0 Å². The lowest BCUT2D eigenvalue weighted by molar-refractivity contribution is -0.148. The van der Waals surface area contributed by atoms with Crippen molar-refractivity contribution in [3.63, 3.8) is 0 Å². The molecule has 2 aromatic carbocycles. The molecule has 35 heavy (non-hydrogen) atoms. The number of hydrogen-bond donors (Lipinski definition) is 3. The second-order valence-corrected chi connectivity index (χ2v) is 9.56. The molecule has 8 nitrogen and oxygen atoms in total. The molecule has 0 unspecified atom stereocenters. The largest absolute Gasteiger partial charge is 0.479 e. The monoisotopic (exact) mass is 478 g/mol. The van der Waals surface area contributed by atoms with E-state index in [1.807, 2.05) is 24.3 Å². The van der Waals surface area contributed by atoms with Crippen LogP contribution >= 0.6 is 0 Å². The third kappa shape index (κ3) is 4.89. The minimum Gasteiger partial charge on any atom is -0.479 e. The number of carboxylic acid groups (broad SMARTS) is 1. The van der Waals surface area contributed by atoms with Crippen LogP contribution in [0.2, 0.25) is 0 Å². The van der Waals surface area contributed by atoms with Crippen LogP contribution in [0.4, 0.5) is 4.79 Å². The normalized spacial score (nSPS) is 25.4. The van der Waals surface area contributed by atoms with Crippen molar-refractivity contribution in [3.8, 4) is 11.1 Å². The average molecular weight is 479 g/mol. The number of nitrogens with one attached hydrogen (secondary N) is 2. The van der Waals surface area contributed by atoms with Gasteiger partial charge in [-0.25, -0.2) is 9.59 Å². The van der Waals surface area contributed by atoms with E-state index in [0.29, 0.717) is 25.9 Å². The van der Waals surface area contributed by atoms with E-state index in [1.54, 1.807) is 0 Å². The van der Waals surface area contributed by atoms with Crippen molar-refractivity contribution in [3.05, 3.63) is 59.7 Å². The van der Waals surface area contributed by atoms with Crippen LogP contribution in [0, 0.1) is 5.92 Å². The lowest BCUT2D eigenvalue weighted by Crippen LogP contribution is -2.48. The lowest BCUT2D eigenvalue weighted by Gasteiger charge is -2.30. The molecular formula is C27H30N2O6. The third-order valence-electron chi connectivity index (χ3n) is 7.37. The number of aliphatic carboxylic acids is 1. The summed E-state index contributed by atoms with van der Waals surface area (Å²) in [5.74, 6) is -1.52. The zero-order valence-corrected chi connectivity index (χ0v) is 19.4. The molecule has 2 aromatic rings. The standard InChI is InChI=1S/C27H30N2O6/c30-25(29-23-12-13-34-24(23)26(31)32)16-6-5-7-17(14-16)28-27(33)35-15-22-20-10-3-1-8-18(20)19-9-2-4-11-21(19)22/h1-4,8-11,16-17,22-24H,5-7,12-15H2,(H,28,33)(H,29,30)(H,31,32)/t16-,17+,23+,24-/m0/s1. The van der Waals surface area contributed by atoms with E-state index in [9.17, 15) is 19.5 Å². The molecule has 0 spiro atoms. The Morgan fingerprint density at radius 1 is 0.943 bits per heavy atom. The Morgan fingerprint density at radius 3 is 2.31 bits per heavy atom. The van der Waals surface area contributed by atoms with Crippen LogP contribution in [0.3, 0.4) is 0 Å². The van der Waals surface area contributed by atoms with Crippen LogP contribution in [0.5, 0.6) is 0 Å². The maximum atomic E-state index is 12.8. The summed E-state index contributed by atoms with van der Waals surface area (Å²) in [7, 11) is 0. The zero-order chi connectivity index (χ0) is 24.4. The van der Waals surface area contributed by atoms with Crippen molar-refractivity contribution in [2.45, 2.75) is 56.2 Å². The first-order chi connectivity index (χ1) is 17.0. The second kappa shape index (κ2) is 10.1. The van der Waals surface area contributed by atoms with E-state index in [-0.39, 0.29) is 30.4 Å². The van der Waals surface area contributed by atoms with Gasteiger partial charge >= 0.3 is 12.1 Å². The number of amides is 2. The summed E-state index contributed by atoms with van der Waals surface area (Å²) in [6, 6.07) is 15.7. The number of carbonyl (C=O) groups is 3. The Labute approximate surface area is 204 Å². The summed E-state index contributed by atoms with van der Waals surface area (Å²) in [4.78, 5) is 36.7. The summed E-state index contributed by atoms with van der Waals surface area (Å²) in [5, 5.41) is 15.0. The van der Waals surface area contributed by atoms with Crippen LogP contribution in [0.15, 0.2) is 48.5 Å². The van der Waals surface area contributed by atoms with Gasteiger partial charge in [0.2, 0.25) is 5.91 Å². The number of hydrogen-bond acceptors (Lipinski definition) is 5. The molecule has 1 heterocycles. The van der Waals surface area contributed by atoms with Crippen molar-refractivity contribution in [2.24, 2.45) is 5.92 Å². The van der Waals surface area contributed by atoms with Crippen LogP contribution < -0.4 is 10.6 Å². The first kappa shape index (κ1) is 23.4. The van der Waals surface area contributed by atoms with Gasteiger partial charge in [0.05, 0.1) is 6.04 Å². The average Bonchev–Trinajstić information content (AvgIpc) is 3.45. The highest BCUT2D eigenvalue weighted by Gasteiger charge is 2.37. The third-order valence-corrected chi connectivity index (χ3v) is 7.37. The van der Waals surface area contributed by atoms with E-state index in [0.717, 1.165) is 24.0 Å². The van der Waals surface area contributed by atoms with Crippen LogP contribution in [-0.2, 0) is 19.1 Å². The highest BCUT2D eigenvalue weighted by molar-refractivity contribution is 5.81. The molecule has 3 aliphatic rings. The number of carboxylic acids is 1. The molecule has 5 rings (SSSR count). The molecule has 1 aliphatic heterocycles. The van der Waals surface area contributed by atoms with Crippen molar-refractivity contribution < 1.29 is 29.0 Å². The van der Waals surface area contributed by atoms with Gasteiger partial charge in [0, 0.05) is 24.5 Å². The summed E-state index contributed by atoms with van der Waals surface area (Å²) in [6.07, 6.45) is 1.79. The Hall–Kier alpha value is -3.39. The number of benzene rings is 2. The smallest absolute Gasteiger partial charge is 0.407 e. The highest BCUT2D eigenvalue weighted by atomic mass is 16.5. The minimum absolute atomic E-state index is 0.00570. The maximum Gasteiger partial charge on any atom is 0.407 e. The van der Waals surface area contributed by atoms with Gasteiger partial charge in [-0.15, -0.1) is 0 Å². The van der Waals surface area contributed by atoms with E-state index in [1.165, 1.54) is 11.1 Å². The fourth-order valence-corrected chi connectivity index (χ4v) is 5.65. The minimum atomic E-state index is -1.06. The van der Waals surface area contributed by atoms with Gasteiger partial charge in [-0.2, -0.15) is 0 Å². The molecule has 184 valence electrons. The van der Waals surface area contributed by atoms with E-state index in [2.05, 4.69) is 34.9 Å². The first-order valence-corrected chi connectivity index (χ1v) is 12.3. The summed E-state index contributed by atoms with van der Waals surface area (Å²) in [5.41, 5.74) is 4.67. The van der Waals surface area contributed by atoms with Gasteiger partial charge in [0.1, 0.15) is 6.61 Å². The molecule has 4 atom stereocenters. The van der Waals surface area contributed by atoms with Crippen molar-refractivity contribution >= 4 is 18.0 Å². The fraction of sp³-hybridized carbons (Fsp3) is 0.444.